The highest BCUT2D eigenvalue weighted by Crippen LogP contribution is 2.28. The number of aromatic nitrogens is 2. The maximum atomic E-state index is 12.5. The van der Waals surface area contributed by atoms with Crippen LogP contribution in [0.1, 0.15) is 61.5 Å². The van der Waals surface area contributed by atoms with Gasteiger partial charge in [-0.3, -0.25) is 0 Å². The SMILES string of the molecule is CCOC(=O)c1c(C)nc(N2CCOCC2)nc1OC1CCCCCC1. The monoisotopic (exact) mass is 363 g/mol. The van der Waals surface area contributed by atoms with Crippen LogP contribution in [0.5, 0.6) is 5.88 Å². The molecular formula is C19H29N3O4. The van der Waals surface area contributed by atoms with Crippen molar-refractivity contribution in [3.05, 3.63) is 11.3 Å². The summed E-state index contributed by atoms with van der Waals surface area (Å²) < 4.78 is 16.9. The van der Waals surface area contributed by atoms with Crippen LogP contribution in [-0.2, 0) is 9.47 Å². The minimum Gasteiger partial charge on any atom is -0.474 e. The molecule has 2 aliphatic rings. The molecule has 0 bridgehead atoms. The molecule has 0 spiro atoms. The highest BCUT2D eigenvalue weighted by atomic mass is 16.5. The van der Waals surface area contributed by atoms with Gasteiger partial charge in [0.25, 0.3) is 0 Å². The minimum absolute atomic E-state index is 0.0949. The third-order valence-electron chi connectivity index (χ3n) is 4.90. The van der Waals surface area contributed by atoms with Crippen LogP contribution >= 0.6 is 0 Å². The van der Waals surface area contributed by atoms with E-state index in [0.29, 0.717) is 42.9 Å². The van der Waals surface area contributed by atoms with Crippen LogP contribution in [0, 0.1) is 6.92 Å². The Morgan fingerprint density at radius 3 is 2.50 bits per heavy atom. The predicted molar refractivity (Wildman–Crippen MR) is 97.9 cm³/mol. The van der Waals surface area contributed by atoms with Crippen LogP contribution in [0.3, 0.4) is 0 Å². The number of hydrogen-bond donors (Lipinski definition) is 0. The summed E-state index contributed by atoms with van der Waals surface area (Å²) in [4.78, 5) is 23.7. The van der Waals surface area contributed by atoms with Crippen LogP contribution in [0.2, 0.25) is 0 Å². The predicted octanol–water partition coefficient (Wildman–Crippen LogP) is 2.90. The number of carbonyl (C=O) groups is 1. The highest BCUT2D eigenvalue weighted by Gasteiger charge is 2.26. The number of nitrogens with zero attached hydrogens (tertiary/aromatic N) is 3. The molecule has 144 valence electrons. The highest BCUT2D eigenvalue weighted by molar-refractivity contribution is 5.93. The Morgan fingerprint density at radius 1 is 1.15 bits per heavy atom. The van der Waals surface area contributed by atoms with Gasteiger partial charge in [0.05, 0.1) is 25.5 Å². The van der Waals surface area contributed by atoms with E-state index in [-0.39, 0.29) is 6.10 Å². The summed E-state index contributed by atoms with van der Waals surface area (Å²) in [5.74, 6) is 0.550. The van der Waals surface area contributed by atoms with Crippen LogP contribution in [0.25, 0.3) is 0 Å². The van der Waals surface area contributed by atoms with Crippen molar-refractivity contribution in [3.63, 3.8) is 0 Å². The molecule has 26 heavy (non-hydrogen) atoms. The summed E-state index contributed by atoms with van der Waals surface area (Å²) in [5, 5.41) is 0. The Hall–Kier alpha value is -1.89. The van der Waals surface area contributed by atoms with Crippen molar-refractivity contribution in [2.24, 2.45) is 0 Å². The van der Waals surface area contributed by atoms with Crippen molar-refractivity contribution in [2.75, 3.05) is 37.8 Å². The van der Waals surface area contributed by atoms with Crippen molar-refractivity contribution in [3.8, 4) is 5.88 Å². The first-order valence-electron chi connectivity index (χ1n) is 9.74. The molecule has 2 heterocycles. The van der Waals surface area contributed by atoms with Gasteiger partial charge in [0.1, 0.15) is 11.7 Å². The molecule has 1 aromatic rings. The summed E-state index contributed by atoms with van der Waals surface area (Å²) in [7, 11) is 0. The zero-order valence-electron chi connectivity index (χ0n) is 15.8. The van der Waals surface area contributed by atoms with Gasteiger partial charge < -0.3 is 19.1 Å². The molecule has 0 unspecified atom stereocenters. The summed E-state index contributed by atoms with van der Waals surface area (Å²) in [5.41, 5.74) is 0.955. The zero-order chi connectivity index (χ0) is 18.4. The molecule has 3 rings (SSSR count). The first-order valence-corrected chi connectivity index (χ1v) is 9.74. The van der Waals surface area contributed by atoms with Gasteiger partial charge in [-0.1, -0.05) is 12.8 Å². The molecular weight excluding hydrogens is 334 g/mol. The Balaban J connectivity index is 1.90. The number of rotatable bonds is 5. The number of anilines is 1. The lowest BCUT2D eigenvalue weighted by molar-refractivity contribution is 0.0514. The lowest BCUT2D eigenvalue weighted by atomic mass is 10.1. The summed E-state index contributed by atoms with van der Waals surface area (Å²) in [6, 6.07) is 0. The van der Waals surface area contributed by atoms with Gasteiger partial charge in [0, 0.05) is 13.1 Å². The fourth-order valence-electron chi connectivity index (χ4n) is 3.48. The van der Waals surface area contributed by atoms with E-state index in [1.807, 2.05) is 6.92 Å². The van der Waals surface area contributed by atoms with Gasteiger partial charge >= 0.3 is 5.97 Å². The molecule has 2 fully saturated rings. The second-order valence-electron chi connectivity index (χ2n) is 6.84. The zero-order valence-corrected chi connectivity index (χ0v) is 15.8. The molecule has 7 heteroatoms. The number of aryl methyl sites for hydroxylation is 1. The molecule has 0 N–H and O–H groups in total. The van der Waals surface area contributed by atoms with E-state index in [0.717, 1.165) is 38.8 Å². The van der Waals surface area contributed by atoms with Crippen molar-refractivity contribution in [1.29, 1.82) is 0 Å². The number of carbonyl (C=O) groups excluding carboxylic acids is 1. The molecule has 1 saturated carbocycles. The first kappa shape index (κ1) is 18.9. The molecule has 1 saturated heterocycles. The third-order valence-corrected chi connectivity index (χ3v) is 4.90. The van der Waals surface area contributed by atoms with Gasteiger partial charge in [-0.25, -0.2) is 9.78 Å². The van der Waals surface area contributed by atoms with Gasteiger partial charge in [-0.05, 0) is 39.5 Å². The maximum absolute atomic E-state index is 12.5. The average molecular weight is 363 g/mol. The Kier molecular flexibility index (Phi) is 6.66. The van der Waals surface area contributed by atoms with E-state index in [1.165, 1.54) is 12.8 Å². The Labute approximate surface area is 155 Å². The summed E-state index contributed by atoms with van der Waals surface area (Å²) >= 11 is 0. The fourth-order valence-corrected chi connectivity index (χ4v) is 3.48. The smallest absolute Gasteiger partial charge is 0.345 e. The molecule has 0 aromatic carbocycles. The Bertz CT molecular complexity index is 609. The topological polar surface area (TPSA) is 73.8 Å². The molecule has 1 aliphatic carbocycles. The van der Waals surface area contributed by atoms with Crippen molar-refractivity contribution >= 4 is 11.9 Å². The van der Waals surface area contributed by atoms with Crippen molar-refractivity contribution in [1.82, 2.24) is 9.97 Å². The van der Waals surface area contributed by atoms with Gasteiger partial charge in [0.2, 0.25) is 11.8 Å². The van der Waals surface area contributed by atoms with Gasteiger partial charge in [-0.2, -0.15) is 4.98 Å². The van der Waals surface area contributed by atoms with Crippen LogP contribution < -0.4 is 9.64 Å². The van der Waals surface area contributed by atoms with Crippen LogP contribution in [0.4, 0.5) is 5.95 Å². The largest absolute Gasteiger partial charge is 0.474 e. The number of esters is 1. The molecule has 0 atom stereocenters. The molecule has 0 amide bonds. The third kappa shape index (κ3) is 4.63. The first-order chi connectivity index (χ1) is 12.7. The van der Waals surface area contributed by atoms with Crippen molar-refractivity contribution < 1.29 is 19.0 Å². The van der Waals surface area contributed by atoms with Gasteiger partial charge in [-0.15, -0.1) is 0 Å². The fraction of sp³-hybridized carbons (Fsp3) is 0.737. The number of hydrogen-bond acceptors (Lipinski definition) is 7. The lowest BCUT2D eigenvalue weighted by Gasteiger charge is -2.28. The van der Waals surface area contributed by atoms with E-state index >= 15 is 0 Å². The van der Waals surface area contributed by atoms with Crippen LogP contribution in [-0.4, -0.2) is 55.0 Å². The average Bonchev–Trinajstić information content (AvgIpc) is 2.91. The Morgan fingerprint density at radius 2 is 1.85 bits per heavy atom. The molecule has 7 nitrogen and oxygen atoms in total. The maximum Gasteiger partial charge on any atom is 0.345 e. The minimum atomic E-state index is -0.415. The van der Waals surface area contributed by atoms with Crippen LogP contribution in [0.15, 0.2) is 0 Å². The molecule has 0 radical (unpaired) electrons. The van der Waals surface area contributed by atoms with Gasteiger partial charge in [0.15, 0.2) is 0 Å². The summed E-state index contributed by atoms with van der Waals surface area (Å²) in [6.07, 6.45) is 6.88. The quantitative estimate of drug-likeness (QED) is 0.588. The van der Waals surface area contributed by atoms with E-state index in [9.17, 15) is 4.79 Å². The van der Waals surface area contributed by atoms with E-state index in [4.69, 9.17) is 14.2 Å². The van der Waals surface area contributed by atoms with E-state index in [1.54, 1.807) is 6.92 Å². The number of morpholine rings is 1. The molecule has 1 aromatic heterocycles. The second-order valence-corrected chi connectivity index (χ2v) is 6.84. The molecule has 1 aliphatic heterocycles. The number of ether oxygens (including phenoxy) is 3. The lowest BCUT2D eigenvalue weighted by Crippen LogP contribution is -2.37. The summed E-state index contributed by atoms with van der Waals surface area (Å²) in [6.45, 7) is 6.70. The standard InChI is InChI=1S/C19H29N3O4/c1-3-25-18(23)16-14(2)20-19(22-10-12-24-13-11-22)21-17(16)26-15-8-6-4-5-7-9-15/h15H,3-13H2,1-2H3. The second kappa shape index (κ2) is 9.16. The van der Waals surface area contributed by atoms with E-state index in [2.05, 4.69) is 14.9 Å². The normalized spacial score (nSPS) is 19.1. The van der Waals surface area contributed by atoms with E-state index < -0.39 is 5.97 Å². The van der Waals surface area contributed by atoms with Crippen molar-refractivity contribution in [2.45, 2.75) is 58.5 Å².